The van der Waals surface area contributed by atoms with Crippen molar-refractivity contribution >= 4 is 11.5 Å². The van der Waals surface area contributed by atoms with E-state index in [2.05, 4.69) is 49.5 Å². The van der Waals surface area contributed by atoms with Gasteiger partial charge in [0.2, 0.25) is 0 Å². The summed E-state index contributed by atoms with van der Waals surface area (Å²) in [5.41, 5.74) is 2.97. The van der Waals surface area contributed by atoms with Crippen molar-refractivity contribution in [2.24, 2.45) is 39.7 Å². The molecule has 0 spiro atoms. The molecule has 0 bridgehead atoms. The van der Waals surface area contributed by atoms with Crippen LogP contribution >= 0.6 is 0 Å². The summed E-state index contributed by atoms with van der Waals surface area (Å²) in [6.45, 7) is 6.84. The molecule has 5 fully saturated rings. The predicted molar refractivity (Wildman–Crippen MR) is 131 cm³/mol. The summed E-state index contributed by atoms with van der Waals surface area (Å²) in [4.78, 5) is 18.9. The first-order valence-corrected chi connectivity index (χ1v) is 13.5. The molecule has 178 valence electrons. The molecule has 4 nitrogen and oxygen atoms in total. The normalized spacial score (nSPS) is 46.0. The number of Topliss-reactive ketones (excluding diaryl/α,β-unsaturated/α-hetero) is 1. The number of nitrogens with one attached hydrogen (secondary N) is 1. The smallest absolute Gasteiger partial charge is 0.141 e. The summed E-state index contributed by atoms with van der Waals surface area (Å²) in [6, 6.07) is 11.1. The van der Waals surface area contributed by atoms with Crippen molar-refractivity contribution in [2.75, 3.05) is 13.1 Å². The molecule has 1 aliphatic heterocycles. The number of oxime groups is 1. The molecule has 4 aliphatic carbocycles. The molecule has 1 saturated heterocycles. The molecule has 0 aromatic heterocycles. The average molecular weight is 449 g/mol. The van der Waals surface area contributed by atoms with Gasteiger partial charge in [-0.05, 0) is 86.1 Å². The van der Waals surface area contributed by atoms with E-state index < -0.39 is 0 Å². The van der Waals surface area contributed by atoms with E-state index >= 15 is 0 Å². The van der Waals surface area contributed by atoms with E-state index in [-0.39, 0.29) is 11.5 Å². The zero-order chi connectivity index (χ0) is 22.6. The highest BCUT2D eigenvalue weighted by atomic mass is 16.6. The molecule has 0 radical (unpaired) electrons. The van der Waals surface area contributed by atoms with Crippen molar-refractivity contribution in [3.8, 4) is 0 Å². The van der Waals surface area contributed by atoms with Crippen LogP contribution < -0.4 is 5.32 Å². The van der Waals surface area contributed by atoms with Crippen molar-refractivity contribution in [1.82, 2.24) is 5.32 Å². The van der Waals surface area contributed by atoms with E-state index in [9.17, 15) is 4.79 Å². The van der Waals surface area contributed by atoms with Crippen molar-refractivity contribution < 1.29 is 9.63 Å². The lowest BCUT2D eigenvalue weighted by Gasteiger charge is -2.61. The lowest BCUT2D eigenvalue weighted by molar-refractivity contribution is -0.137. The van der Waals surface area contributed by atoms with Crippen LogP contribution in [0.4, 0.5) is 0 Å². The van der Waals surface area contributed by atoms with Crippen LogP contribution in [0.5, 0.6) is 0 Å². The SMILES string of the molecule is CC12CCC3C(CCC4C(c5ccccc5)/C(=N/OC5CCNC5)CCC43C)C1CCC2=O. The van der Waals surface area contributed by atoms with Gasteiger partial charge in [0, 0.05) is 30.7 Å². The average Bonchev–Trinajstić information content (AvgIpc) is 3.45. The van der Waals surface area contributed by atoms with Gasteiger partial charge < -0.3 is 10.2 Å². The van der Waals surface area contributed by atoms with Gasteiger partial charge in [-0.2, -0.15) is 0 Å². The molecule has 8 atom stereocenters. The summed E-state index contributed by atoms with van der Waals surface area (Å²) < 4.78 is 0. The minimum atomic E-state index is -0.0341. The van der Waals surface area contributed by atoms with Crippen LogP contribution in [0, 0.1) is 34.5 Å². The zero-order valence-corrected chi connectivity index (χ0v) is 20.4. The van der Waals surface area contributed by atoms with E-state index in [1.807, 2.05) is 0 Å². The number of hydrogen-bond donors (Lipinski definition) is 1. The first-order chi connectivity index (χ1) is 16.0. The largest absolute Gasteiger partial charge is 0.391 e. The molecule has 0 amide bonds. The zero-order valence-electron chi connectivity index (χ0n) is 20.4. The molecule has 1 N–H and O–H groups in total. The van der Waals surface area contributed by atoms with E-state index in [0.29, 0.717) is 29.0 Å². The Kier molecular flexibility index (Phi) is 5.44. The number of rotatable bonds is 3. The Morgan fingerprint density at radius 1 is 0.939 bits per heavy atom. The van der Waals surface area contributed by atoms with E-state index in [1.165, 1.54) is 37.0 Å². The van der Waals surface area contributed by atoms with Crippen molar-refractivity contribution in [3.63, 3.8) is 0 Å². The van der Waals surface area contributed by atoms with Crippen LogP contribution in [0.25, 0.3) is 0 Å². The highest BCUT2D eigenvalue weighted by molar-refractivity contribution is 5.92. The summed E-state index contributed by atoms with van der Waals surface area (Å²) in [5.74, 6) is 3.61. The Morgan fingerprint density at radius 2 is 1.79 bits per heavy atom. The summed E-state index contributed by atoms with van der Waals surface area (Å²) >= 11 is 0. The van der Waals surface area contributed by atoms with E-state index in [1.54, 1.807) is 0 Å². The van der Waals surface area contributed by atoms with Gasteiger partial charge in [-0.3, -0.25) is 4.79 Å². The van der Waals surface area contributed by atoms with Crippen LogP contribution in [-0.2, 0) is 9.63 Å². The summed E-state index contributed by atoms with van der Waals surface area (Å²) in [7, 11) is 0. The van der Waals surface area contributed by atoms with E-state index in [4.69, 9.17) is 9.99 Å². The van der Waals surface area contributed by atoms with Crippen LogP contribution in [0.15, 0.2) is 35.5 Å². The minimum Gasteiger partial charge on any atom is -0.391 e. The molecular weight excluding hydrogens is 408 g/mol. The Bertz CT molecular complexity index is 923. The second kappa shape index (κ2) is 8.22. The second-order valence-electron chi connectivity index (χ2n) is 12.2. The molecule has 5 aliphatic rings. The maximum Gasteiger partial charge on any atom is 0.141 e. The fourth-order valence-electron chi connectivity index (χ4n) is 9.01. The molecule has 33 heavy (non-hydrogen) atoms. The Labute approximate surface area is 198 Å². The topological polar surface area (TPSA) is 50.7 Å². The fraction of sp³-hybridized carbons (Fsp3) is 0.724. The molecule has 4 heteroatoms. The molecule has 6 rings (SSSR count). The Balaban J connectivity index is 1.32. The van der Waals surface area contributed by atoms with Crippen molar-refractivity contribution in [3.05, 3.63) is 35.9 Å². The van der Waals surface area contributed by atoms with E-state index in [0.717, 1.165) is 57.0 Å². The van der Waals surface area contributed by atoms with Gasteiger partial charge in [-0.25, -0.2) is 0 Å². The van der Waals surface area contributed by atoms with Gasteiger partial charge in [-0.1, -0.05) is 49.3 Å². The first-order valence-electron chi connectivity index (χ1n) is 13.5. The third-order valence-corrected chi connectivity index (χ3v) is 10.8. The second-order valence-corrected chi connectivity index (χ2v) is 12.2. The fourth-order valence-corrected chi connectivity index (χ4v) is 9.01. The predicted octanol–water partition coefficient (Wildman–Crippen LogP) is 5.73. The summed E-state index contributed by atoms with van der Waals surface area (Å²) in [6.07, 6.45) is 10.3. The number of carbonyl (C=O) groups is 1. The Morgan fingerprint density at radius 3 is 2.58 bits per heavy atom. The first kappa shape index (κ1) is 21.8. The van der Waals surface area contributed by atoms with Crippen molar-refractivity contribution in [1.29, 1.82) is 0 Å². The van der Waals surface area contributed by atoms with Crippen molar-refractivity contribution in [2.45, 2.75) is 83.7 Å². The maximum atomic E-state index is 12.8. The molecular formula is C29H40N2O2. The minimum absolute atomic E-state index is 0.0341. The number of ketones is 1. The number of nitrogens with zero attached hydrogens (tertiary/aromatic N) is 1. The van der Waals surface area contributed by atoms with Gasteiger partial charge >= 0.3 is 0 Å². The van der Waals surface area contributed by atoms with Crippen LogP contribution in [0.2, 0.25) is 0 Å². The number of fused-ring (bicyclic) bond motifs is 5. The lowest BCUT2D eigenvalue weighted by atomic mass is 9.43. The lowest BCUT2D eigenvalue weighted by Crippen LogP contribution is -2.55. The molecule has 1 aromatic rings. The molecule has 1 aromatic carbocycles. The molecule has 1 heterocycles. The van der Waals surface area contributed by atoms with Crippen LogP contribution in [-0.4, -0.2) is 30.7 Å². The number of hydrogen-bond acceptors (Lipinski definition) is 4. The third kappa shape index (κ3) is 3.42. The number of carbonyl (C=O) groups excluding carboxylic acids is 1. The van der Waals surface area contributed by atoms with Gasteiger partial charge in [0.25, 0.3) is 0 Å². The standard InChI is InChI=1S/C29H40N2O2/c1-28-16-13-25(31-33-20-14-17-30-18-20)27(19-6-4-3-5-7-19)24(28)9-8-21-22-10-11-26(32)29(22,2)15-12-23(21)28/h3-7,20-24,27,30H,8-18H2,1-2H3/b31-25+. The van der Waals surface area contributed by atoms with Gasteiger partial charge in [-0.15, -0.1) is 0 Å². The quantitative estimate of drug-likeness (QED) is 0.601. The van der Waals surface area contributed by atoms with Gasteiger partial charge in [0.15, 0.2) is 0 Å². The Hall–Kier alpha value is -1.68. The third-order valence-electron chi connectivity index (χ3n) is 10.8. The highest BCUT2D eigenvalue weighted by Crippen LogP contribution is 2.67. The van der Waals surface area contributed by atoms with Crippen LogP contribution in [0.1, 0.15) is 83.1 Å². The number of benzene rings is 1. The highest BCUT2D eigenvalue weighted by Gasteiger charge is 2.61. The monoisotopic (exact) mass is 448 g/mol. The summed E-state index contributed by atoms with van der Waals surface area (Å²) in [5, 5.41) is 8.25. The maximum absolute atomic E-state index is 12.8. The van der Waals surface area contributed by atoms with Gasteiger partial charge in [0.1, 0.15) is 11.9 Å². The molecule has 8 unspecified atom stereocenters. The van der Waals surface area contributed by atoms with Gasteiger partial charge in [0.05, 0.1) is 5.71 Å². The van der Waals surface area contributed by atoms with Crippen LogP contribution in [0.3, 0.4) is 0 Å². The molecule has 4 saturated carbocycles.